The molecule has 30 heavy (non-hydrogen) atoms. The molecule has 0 spiro atoms. The first kappa shape index (κ1) is 29.0. The monoisotopic (exact) mass is 441 g/mol. The Balaban J connectivity index is 3.42. The van der Waals surface area contributed by atoms with E-state index in [4.69, 9.17) is 5.11 Å². The summed E-state index contributed by atoms with van der Waals surface area (Å²) in [5, 5.41) is 11.8. The molecule has 0 fully saturated rings. The second-order valence-electron chi connectivity index (χ2n) is 8.28. The topological polar surface area (TPSA) is 66.4 Å². The molecule has 176 valence electrons. The van der Waals surface area contributed by atoms with Crippen molar-refractivity contribution in [3.63, 3.8) is 0 Å². The quantitative estimate of drug-likeness (QED) is 0.138. The Hall–Kier alpha value is -0.970. The van der Waals surface area contributed by atoms with Crippen LogP contribution in [-0.4, -0.2) is 35.0 Å². The lowest BCUT2D eigenvalue weighted by molar-refractivity contribution is -0.141. The van der Waals surface area contributed by atoms with Crippen LogP contribution >= 0.6 is 11.8 Å². The summed E-state index contributed by atoms with van der Waals surface area (Å²) in [5.74, 6) is -0.322. The van der Waals surface area contributed by atoms with Crippen molar-refractivity contribution >= 4 is 23.6 Å². The minimum atomic E-state index is -0.936. The lowest BCUT2D eigenvalue weighted by Crippen LogP contribution is -2.41. The molecule has 0 saturated heterocycles. The minimum Gasteiger partial charge on any atom is -0.480 e. The third-order valence-electron chi connectivity index (χ3n) is 5.41. The number of aliphatic carboxylic acids is 1. The predicted molar refractivity (Wildman–Crippen MR) is 131 cm³/mol. The molecule has 0 bridgehead atoms. The number of carbonyl (C=O) groups is 2. The summed E-state index contributed by atoms with van der Waals surface area (Å²) in [7, 11) is 0. The third kappa shape index (κ3) is 20.3. The van der Waals surface area contributed by atoms with Gasteiger partial charge in [0.15, 0.2) is 0 Å². The molecule has 0 aromatic carbocycles. The van der Waals surface area contributed by atoms with Crippen LogP contribution in [0.5, 0.6) is 0 Å². The molecule has 0 saturated carbocycles. The van der Waals surface area contributed by atoms with Crippen LogP contribution in [-0.2, 0) is 9.59 Å². The third-order valence-corrected chi connectivity index (χ3v) is 6.05. The summed E-state index contributed by atoms with van der Waals surface area (Å²) in [6, 6.07) is -0.746. The number of nitrogens with one attached hydrogen (secondary N) is 1. The minimum absolute atomic E-state index is 0.128. The van der Waals surface area contributed by atoms with Gasteiger partial charge in [-0.1, -0.05) is 83.3 Å². The molecule has 0 aliphatic rings. The van der Waals surface area contributed by atoms with Gasteiger partial charge in [0.05, 0.1) is 0 Å². The van der Waals surface area contributed by atoms with Crippen LogP contribution in [0.1, 0.15) is 116 Å². The Morgan fingerprint density at radius 2 is 1.33 bits per heavy atom. The van der Waals surface area contributed by atoms with Gasteiger partial charge < -0.3 is 10.4 Å². The molecule has 5 heteroatoms. The van der Waals surface area contributed by atoms with Crippen LogP contribution in [0.2, 0.25) is 0 Å². The number of allylic oxidation sites excluding steroid dienone is 2. The van der Waals surface area contributed by atoms with Crippen LogP contribution in [0.4, 0.5) is 0 Å². The first-order valence-electron chi connectivity index (χ1n) is 12.3. The number of carboxylic acids is 1. The summed E-state index contributed by atoms with van der Waals surface area (Å²) in [5.41, 5.74) is 0. The second kappa shape index (κ2) is 22.7. The number of hydrogen-bond donors (Lipinski definition) is 2. The number of unbranched alkanes of at least 4 members (excludes halogenated alkanes) is 13. The Morgan fingerprint density at radius 3 is 1.83 bits per heavy atom. The van der Waals surface area contributed by atoms with Crippen LogP contribution in [0.3, 0.4) is 0 Å². The smallest absolute Gasteiger partial charge is 0.326 e. The fourth-order valence-electron chi connectivity index (χ4n) is 3.47. The number of carbonyl (C=O) groups excluding carboxylic acids is 1. The molecule has 0 unspecified atom stereocenters. The number of rotatable bonds is 22. The van der Waals surface area contributed by atoms with Crippen molar-refractivity contribution in [3.05, 3.63) is 12.2 Å². The van der Waals surface area contributed by atoms with Crippen molar-refractivity contribution in [2.75, 3.05) is 12.0 Å². The highest BCUT2D eigenvalue weighted by molar-refractivity contribution is 7.98. The first-order chi connectivity index (χ1) is 14.6. The zero-order chi connectivity index (χ0) is 22.3. The van der Waals surface area contributed by atoms with Crippen molar-refractivity contribution in [1.29, 1.82) is 0 Å². The van der Waals surface area contributed by atoms with Crippen molar-refractivity contribution in [3.8, 4) is 0 Å². The van der Waals surface area contributed by atoms with Crippen LogP contribution < -0.4 is 5.32 Å². The average Bonchev–Trinajstić information content (AvgIpc) is 2.73. The van der Waals surface area contributed by atoms with Gasteiger partial charge in [-0.25, -0.2) is 4.79 Å². The van der Waals surface area contributed by atoms with Crippen molar-refractivity contribution in [2.24, 2.45) is 0 Å². The van der Waals surface area contributed by atoms with Gasteiger partial charge in [0.1, 0.15) is 6.04 Å². The van der Waals surface area contributed by atoms with E-state index in [9.17, 15) is 9.59 Å². The maximum absolute atomic E-state index is 11.9. The Labute approximate surface area is 190 Å². The predicted octanol–water partition coefficient (Wildman–Crippen LogP) is 7.13. The summed E-state index contributed by atoms with van der Waals surface area (Å²) >= 11 is 1.60. The lowest BCUT2D eigenvalue weighted by Gasteiger charge is -2.13. The van der Waals surface area contributed by atoms with E-state index in [-0.39, 0.29) is 5.91 Å². The van der Waals surface area contributed by atoms with E-state index >= 15 is 0 Å². The molecular weight excluding hydrogens is 394 g/mol. The van der Waals surface area contributed by atoms with E-state index in [1.165, 1.54) is 77.0 Å². The van der Waals surface area contributed by atoms with Gasteiger partial charge in [0.25, 0.3) is 0 Å². The van der Waals surface area contributed by atoms with Gasteiger partial charge in [0, 0.05) is 6.42 Å². The van der Waals surface area contributed by atoms with Gasteiger partial charge in [-0.2, -0.15) is 11.8 Å². The summed E-state index contributed by atoms with van der Waals surface area (Å²) in [6.45, 7) is 2.26. The maximum atomic E-state index is 11.9. The summed E-state index contributed by atoms with van der Waals surface area (Å²) in [6.07, 6.45) is 26.4. The highest BCUT2D eigenvalue weighted by Crippen LogP contribution is 2.11. The van der Waals surface area contributed by atoms with Crippen LogP contribution in [0, 0.1) is 0 Å². The normalized spacial score (nSPS) is 12.3. The number of carboxylic acid groups (broad SMARTS) is 1. The molecule has 0 rings (SSSR count). The number of thioether (sulfide) groups is 1. The molecule has 4 nitrogen and oxygen atoms in total. The SMILES string of the molecule is CCCCCCCC/C=C\CCCCCCCCCC(=O)N[C@@H](CCSC)C(=O)O. The van der Waals surface area contributed by atoms with E-state index in [2.05, 4.69) is 24.4 Å². The Kier molecular flexibility index (Phi) is 22.0. The lowest BCUT2D eigenvalue weighted by atomic mass is 10.1. The van der Waals surface area contributed by atoms with Gasteiger partial charge in [-0.15, -0.1) is 0 Å². The molecule has 0 aliphatic carbocycles. The first-order valence-corrected chi connectivity index (χ1v) is 13.7. The van der Waals surface area contributed by atoms with Crippen LogP contribution in [0.15, 0.2) is 12.2 Å². The molecule has 0 heterocycles. The van der Waals surface area contributed by atoms with Crippen LogP contribution in [0.25, 0.3) is 0 Å². The molecule has 0 radical (unpaired) electrons. The zero-order valence-corrected chi connectivity index (χ0v) is 20.4. The molecule has 0 aliphatic heterocycles. The Morgan fingerprint density at radius 1 is 0.833 bits per heavy atom. The van der Waals surface area contributed by atoms with Gasteiger partial charge in [-0.3, -0.25) is 4.79 Å². The van der Waals surface area contributed by atoms with Crippen molar-refractivity contribution < 1.29 is 14.7 Å². The largest absolute Gasteiger partial charge is 0.480 e. The molecule has 2 N–H and O–H groups in total. The second-order valence-corrected chi connectivity index (χ2v) is 9.27. The molecular formula is C25H47NO3S. The molecule has 0 aromatic heterocycles. The number of hydrogen-bond acceptors (Lipinski definition) is 3. The highest BCUT2D eigenvalue weighted by Gasteiger charge is 2.18. The molecule has 1 atom stereocenters. The fourth-order valence-corrected chi connectivity index (χ4v) is 3.94. The fraction of sp³-hybridized carbons (Fsp3) is 0.840. The van der Waals surface area contributed by atoms with Gasteiger partial charge in [-0.05, 0) is 50.5 Å². The Bertz CT molecular complexity index is 440. The average molecular weight is 442 g/mol. The molecule has 1 amide bonds. The van der Waals surface area contributed by atoms with E-state index in [1.54, 1.807) is 11.8 Å². The standard InChI is InChI=1S/C25H47NO3S/c1-3-4-5-6-7-8-9-10-11-12-13-14-15-16-17-18-19-20-24(27)26-23(25(28)29)21-22-30-2/h10-11,23H,3-9,12-22H2,1-2H3,(H,26,27)(H,28,29)/b11-10-/t23-/m0/s1. The molecule has 0 aromatic rings. The van der Waals surface area contributed by atoms with E-state index in [0.717, 1.165) is 25.0 Å². The van der Waals surface area contributed by atoms with E-state index in [0.29, 0.717) is 12.8 Å². The summed E-state index contributed by atoms with van der Waals surface area (Å²) < 4.78 is 0. The highest BCUT2D eigenvalue weighted by atomic mass is 32.2. The maximum Gasteiger partial charge on any atom is 0.326 e. The zero-order valence-electron chi connectivity index (χ0n) is 19.6. The number of amides is 1. The van der Waals surface area contributed by atoms with E-state index < -0.39 is 12.0 Å². The van der Waals surface area contributed by atoms with E-state index in [1.807, 2.05) is 6.26 Å². The summed E-state index contributed by atoms with van der Waals surface area (Å²) in [4.78, 5) is 23.0. The van der Waals surface area contributed by atoms with Gasteiger partial charge in [0.2, 0.25) is 5.91 Å². The van der Waals surface area contributed by atoms with Crippen molar-refractivity contribution in [2.45, 2.75) is 122 Å². The van der Waals surface area contributed by atoms with Gasteiger partial charge >= 0.3 is 5.97 Å². The van der Waals surface area contributed by atoms with Crippen molar-refractivity contribution in [1.82, 2.24) is 5.32 Å².